The molecule has 0 amide bonds. The van der Waals surface area contributed by atoms with Gasteiger partial charge in [-0.25, -0.2) is 0 Å². The second kappa shape index (κ2) is 5.43. The highest BCUT2D eigenvalue weighted by Crippen LogP contribution is 2.23. The molecule has 4 nitrogen and oxygen atoms in total. The number of benzene rings is 2. The van der Waals surface area contributed by atoms with Crippen molar-refractivity contribution in [3.8, 4) is 11.5 Å². The molecular formula is C16H17N3O. The number of aromatic nitrogens is 2. The third-order valence-corrected chi connectivity index (χ3v) is 3.13. The van der Waals surface area contributed by atoms with Crippen molar-refractivity contribution in [1.29, 1.82) is 0 Å². The van der Waals surface area contributed by atoms with Crippen molar-refractivity contribution >= 4 is 10.8 Å². The number of rotatable bonds is 4. The van der Waals surface area contributed by atoms with E-state index in [1.807, 2.05) is 18.2 Å². The van der Waals surface area contributed by atoms with Crippen molar-refractivity contribution in [2.75, 3.05) is 0 Å². The van der Waals surface area contributed by atoms with E-state index in [4.69, 9.17) is 4.52 Å². The summed E-state index contributed by atoms with van der Waals surface area (Å²) in [6, 6.07) is 14.8. The van der Waals surface area contributed by atoms with Crippen LogP contribution >= 0.6 is 0 Å². The lowest BCUT2D eigenvalue weighted by Crippen LogP contribution is -2.22. The average Bonchev–Trinajstić information content (AvgIpc) is 2.93. The zero-order valence-electron chi connectivity index (χ0n) is 11.6. The highest BCUT2D eigenvalue weighted by molar-refractivity contribution is 5.86. The van der Waals surface area contributed by atoms with Gasteiger partial charge in [0.05, 0.1) is 6.54 Å². The SMILES string of the molecule is CC(C)NCc1noc(-c2ccc3ccccc3c2)n1. The fourth-order valence-corrected chi connectivity index (χ4v) is 2.06. The monoisotopic (exact) mass is 267 g/mol. The molecule has 20 heavy (non-hydrogen) atoms. The van der Waals surface area contributed by atoms with Crippen LogP contribution in [-0.2, 0) is 6.54 Å². The van der Waals surface area contributed by atoms with Crippen LogP contribution in [-0.4, -0.2) is 16.2 Å². The van der Waals surface area contributed by atoms with Crippen LogP contribution in [0.1, 0.15) is 19.7 Å². The summed E-state index contributed by atoms with van der Waals surface area (Å²) in [6.07, 6.45) is 0. The van der Waals surface area contributed by atoms with Crippen molar-refractivity contribution < 1.29 is 4.52 Å². The highest BCUT2D eigenvalue weighted by atomic mass is 16.5. The number of hydrogen-bond donors (Lipinski definition) is 1. The summed E-state index contributed by atoms with van der Waals surface area (Å²) in [5.74, 6) is 1.25. The third-order valence-electron chi connectivity index (χ3n) is 3.13. The number of nitrogens with one attached hydrogen (secondary N) is 1. The van der Waals surface area contributed by atoms with Gasteiger partial charge in [0, 0.05) is 11.6 Å². The van der Waals surface area contributed by atoms with E-state index in [1.165, 1.54) is 10.8 Å². The summed E-state index contributed by atoms with van der Waals surface area (Å²) in [7, 11) is 0. The quantitative estimate of drug-likeness (QED) is 0.787. The lowest BCUT2D eigenvalue weighted by atomic mass is 10.1. The molecule has 102 valence electrons. The van der Waals surface area contributed by atoms with Crippen LogP contribution in [0.2, 0.25) is 0 Å². The van der Waals surface area contributed by atoms with Crippen LogP contribution in [0, 0.1) is 0 Å². The smallest absolute Gasteiger partial charge is 0.257 e. The fraction of sp³-hybridized carbons (Fsp3) is 0.250. The summed E-state index contributed by atoms with van der Waals surface area (Å²) in [4.78, 5) is 4.42. The molecule has 4 heteroatoms. The number of fused-ring (bicyclic) bond motifs is 1. The Hall–Kier alpha value is -2.20. The first-order valence-corrected chi connectivity index (χ1v) is 6.77. The lowest BCUT2D eigenvalue weighted by molar-refractivity contribution is 0.417. The maximum atomic E-state index is 5.33. The standard InChI is InChI=1S/C16H17N3O/c1-11(2)17-10-15-18-16(20-19-15)14-8-7-12-5-3-4-6-13(12)9-14/h3-9,11,17H,10H2,1-2H3. The van der Waals surface area contributed by atoms with Gasteiger partial charge in [-0.2, -0.15) is 4.98 Å². The Morgan fingerprint density at radius 2 is 1.90 bits per heavy atom. The Kier molecular flexibility index (Phi) is 3.48. The first kappa shape index (κ1) is 12.8. The first-order valence-electron chi connectivity index (χ1n) is 6.77. The molecule has 3 rings (SSSR count). The molecule has 0 aliphatic heterocycles. The van der Waals surface area contributed by atoms with Crippen molar-refractivity contribution in [3.05, 3.63) is 48.3 Å². The van der Waals surface area contributed by atoms with E-state index in [9.17, 15) is 0 Å². The van der Waals surface area contributed by atoms with Gasteiger partial charge in [-0.3, -0.25) is 0 Å². The van der Waals surface area contributed by atoms with Crippen molar-refractivity contribution in [2.45, 2.75) is 26.4 Å². The predicted molar refractivity (Wildman–Crippen MR) is 79.2 cm³/mol. The Morgan fingerprint density at radius 1 is 1.10 bits per heavy atom. The predicted octanol–water partition coefficient (Wildman–Crippen LogP) is 3.39. The van der Waals surface area contributed by atoms with E-state index in [-0.39, 0.29) is 0 Å². The summed E-state index contributed by atoms with van der Waals surface area (Å²) >= 11 is 0. The number of nitrogens with zero attached hydrogens (tertiary/aromatic N) is 2. The molecule has 0 fully saturated rings. The van der Waals surface area contributed by atoms with Crippen LogP contribution in [0.25, 0.3) is 22.2 Å². The van der Waals surface area contributed by atoms with Crippen molar-refractivity contribution in [2.24, 2.45) is 0 Å². The molecule has 0 saturated carbocycles. The molecule has 2 aromatic carbocycles. The molecule has 0 bridgehead atoms. The summed E-state index contributed by atoms with van der Waals surface area (Å²) in [5.41, 5.74) is 0.951. The Morgan fingerprint density at radius 3 is 2.70 bits per heavy atom. The molecule has 0 atom stereocenters. The topological polar surface area (TPSA) is 51.0 Å². The van der Waals surface area contributed by atoms with Crippen molar-refractivity contribution in [1.82, 2.24) is 15.5 Å². The lowest BCUT2D eigenvalue weighted by Gasteiger charge is -2.03. The second-order valence-corrected chi connectivity index (χ2v) is 5.11. The van der Waals surface area contributed by atoms with Gasteiger partial charge in [-0.05, 0) is 22.9 Å². The molecule has 1 heterocycles. The van der Waals surface area contributed by atoms with Crippen LogP contribution in [0.15, 0.2) is 47.0 Å². The van der Waals surface area contributed by atoms with Gasteiger partial charge < -0.3 is 9.84 Å². The van der Waals surface area contributed by atoms with Gasteiger partial charge in [0.2, 0.25) is 0 Å². The maximum absolute atomic E-state index is 5.33. The van der Waals surface area contributed by atoms with E-state index in [1.54, 1.807) is 0 Å². The van der Waals surface area contributed by atoms with E-state index in [2.05, 4.69) is 53.6 Å². The Balaban J connectivity index is 1.87. The molecule has 3 aromatic rings. The molecular weight excluding hydrogens is 250 g/mol. The molecule has 1 aromatic heterocycles. The van der Waals surface area contributed by atoms with E-state index in [0.717, 1.165) is 5.56 Å². The average molecular weight is 267 g/mol. The fourth-order valence-electron chi connectivity index (χ4n) is 2.06. The zero-order valence-corrected chi connectivity index (χ0v) is 11.6. The van der Waals surface area contributed by atoms with Gasteiger partial charge in [0.25, 0.3) is 5.89 Å². The molecule has 0 radical (unpaired) electrons. The summed E-state index contributed by atoms with van der Waals surface area (Å²) in [5, 5.41) is 9.64. The minimum Gasteiger partial charge on any atom is -0.334 e. The zero-order chi connectivity index (χ0) is 13.9. The molecule has 0 spiro atoms. The van der Waals surface area contributed by atoms with Crippen molar-refractivity contribution in [3.63, 3.8) is 0 Å². The molecule has 0 aliphatic rings. The molecule has 0 unspecified atom stereocenters. The largest absolute Gasteiger partial charge is 0.334 e. The van der Waals surface area contributed by atoms with E-state index < -0.39 is 0 Å². The first-order chi connectivity index (χ1) is 9.72. The number of hydrogen-bond acceptors (Lipinski definition) is 4. The summed E-state index contributed by atoms with van der Waals surface area (Å²) < 4.78 is 5.33. The maximum Gasteiger partial charge on any atom is 0.257 e. The van der Waals surface area contributed by atoms with Crippen LogP contribution < -0.4 is 5.32 Å². The van der Waals surface area contributed by atoms with Crippen LogP contribution in [0.4, 0.5) is 0 Å². The van der Waals surface area contributed by atoms with Crippen LogP contribution in [0.3, 0.4) is 0 Å². The van der Waals surface area contributed by atoms with E-state index in [0.29, 0.717) is 24.3 Å². The Labute approximate surface area is 117 Å². The normalized spacial score (nSPS) is 11.3. The van der Waals surface area contributed by atoms with Gasteiger partial charge in [0.15, 0.2) is 5.82 Å². The van der Waals surface area contributed by atoms with Gasteiger partial charge in [0.1, 0.15) is 0 Å². The molecule has 1 N–H and O–H groups in total. The van der Waals surface area contributed by atoms with Crippen LogP contribution in [0.5, 0.6) is 0 Å². The molecule has 0 aliphatic carbocycles. The Bertz CT molecular complexity index is 718. The minimum atomic E-state index is 0.401. The van der Waals surface area contributed by atoms with Gasteiger partial charge >= 0.3 is 0 Å². The molecule has 0 saturated heterocycles. The second-order valence-electron chi connectivity index (χ2n) is 5.11. The van der Waals surface area contributed by atoms with Gasteiger partial charge in [-0.1, -0.05) is 49.3 Å². The third kappa shape index (κ3) is 2.70. The minimum absolute atomic E-state index is 0.401. The summed E-state index contributed by atoms with van der Waals surface area (Å²) in [6.45, 7) is 4.80. The van der Waals surface area contributed by atoms with E-state index >= 15 is 0 Å². The highest BCUT2D eigenvalue weighted by Gasteiger charge is 2.09. The van der Waals surface area contributed by atoms with Gasteiger partial charge in [-0.15, -0.1) is 0 Å².